The molecule has 6 nitrogen and oxygen atoms in total. The maximum atomic E-state index is 12.3. The minimum atomic E-state index is -0.0101. The van der Waals surface area contributed by atoms with Crippen LogP contribution in [0.5, 0.6) is 5.88 Å². The Morgan fingerprint density at radius 2 is 2.19 bits per heavy atom. The Hall–Kier alpha value is -2.37. The monoisotopic (exact) mass is 286 g/mol. The third kappa shape index (κ3) is 3.59. The molecule has 0 aromatic carbocycles. The van der Waals surface area contributed by atoms with Gasteiger partial charge in [-0.15, -0.1) is 0 Å². The molecule has 6 heteroatoms. The van der Waals surface area contributed by atoms with Crippen LogP contribution in [0.15, 0.2) is 43.1 Å². The largest absolute Gasteiger partial charge is 0.471 e. The van der Waals surface area contributed by atoms with Gasteiger partial charge in [-0.3, -0.25) is 9.78 Å². The fraction of sp³-hybridized carbons (Fsp3) is 0.400. The van der Waals surface area contributed by atoms with Crippen molar-refractivity contribution in [1.82, 2.24) is 19.4 Å². The summed E-state index contributed by atoms with van der Waals surface area (Å²) in [4.78, 5) is 22.2. The second-order valence-corrected chi connectivity index (χ2v) is 5.12. The maximum Gasteiger partial charge on any atom is 0.242 e. The van der Waals surface area contributed by atoms with E-state index in [1.807, 2.05) is 34.0 Å². The third-order valence-electron chi connectivity index (χ3n) is 3.54. The highest BCUT2D eigenvalue weighted by molar-refractivity contribution is 5.76. The van der Waals surface area contributed by atoms with E-state index in [0.29, 0.717) is 19.0 Å². The molecule has 110 valence electrons. The van der Waals surface area contributed by atoms with Crippen molar-refractivity contribution in [3.05, 3.63) is 43.1 Å². The van der Waals surface area contributed by atoms with Crippen LogP contribution in [0.1, 0.15) is 12.8 Å². The molecule has 1 amide bonds. The zero-order valence-corrected chi connectivity index (χ0v) is 11.8. The molecule has 3 heterocycles. The lowest BCUT2D eigenvalue weighted by atomic mass is 10.1. The number of piperidine rings is 1. The average Bonchev–Trinajstić information content (AvgIpc) is 3.01. The SMILES string of the molecule is O=C(Cn1cccc1)N1CCC[C@@H](Oc2cnccn2)C1. The van der Waals surface area contributed by atoms with Crippen LogP contribution in [0.25, 0.3) is 0 Å². The Bertz CT molecular complexity index is 571. The smallest absolute Gasteiger partial charge is 0.242 e. The summed E-state index contributed by atoms with van der Waals surface area (Å²) < 4.78 is 7.68. The highest BCUT2D eigenvalue weighted by Gasteiger charge is 2.25. The third-order valence-corrected chi connectivity index (χ3v) is 3.54. The van der Waals surface area contributed by atoms with E-state index < -0.39 is 0 Å². The molecule has 0 unspecified atom stereocenters. The number of hydrogen-bond acceptors (Lipinski definition) is 4. The second-order valence-electron chi connectivity index (χ2n) is 5.12. The number of likely N-dealkylation sites (tertiary alicyclic amines) is 1. The van der Waals surface area contributed by atoms with Gasteiger partial charge in [-0.25, -0.2) is 4.98 Å². The van der Waals surface area contributed by atoms with Crippen molar-refractivity contribution in [3.63, 3.8) is 0 Å². The zero-order valence-electron chi connectivity index (χ0n) is 11.8. The van der Waals surface area contributed by atoms with Crippen molar-refractivity contribution in [1.29, 1.82) is 0 Å². The molecular weight excluding hydrogens is 268 g/mol. The van der Waals surface area contributed by atoms with E-state index in [9.17, 15) is 4.79 Å². The van der Waals surface area contributed by atoms with Crippen LogP contribution in [0.4, 0.5) is 0 Å². The van der Waals surface area contributed by atoms with Crippen molar-refractivity contribution >= 4 is 5.91 Å². The van der Waals surface area contributed by atoms with Crippen LogP contribution >= 0.6 is 0 Å². The van der Waals surface area contributed by atoms with Gasteiger partial charge >= 0.3 is 0 Å². The number of carbonyl (C=O) groups excluding carboxylic acids is 1. The number of hydrogen-bond donors (Lipinski definition) is 0. The van der Waals surface area contributed by atoms with Gasteiger partial charge in [-0.05, 0) is 25.0 Å². The minimum absolute atomic E-state index is 0.0101. The summed E-state index contributed by atoms with van der Waals surface area (Å²) in [6.07, 6.45) is 10.5. The number of ether oxygens (including phenoxy) is 1. The van der Waals surface area contributed by atoms with Crippen molar-refractivity contribution in [2.75, 3.05) is 13.1 Å². The van der Waals surface area contributed by atoms with Gasteiger partial charge in [0, 0.05) is 31.3 Å². The lowest BCUT2D eigenvalue weighted by Gasteiger charge is -2.32. The summed E-state index contributed by atoms with van der Waals surface area (Å²) in [5.41, 5.74) is 0. The molecule has 1 fully saturated rings. The standard InChI is InChI=1S/C15H18N4O2/c20-15(12-18-7-1-2-8-18)19-9-3-4-13(11-19)21-14-10-16-5-6-17-14/h1-2,5-8,10,13H,3-4,9,11-12H2/t13-/m1/s1. The molecule has 0 radical (unpaired) electrons. The van der Waals surface area contributed by atoms with E-state index in [-0.39, 0.29) is 12.0 Å². The van der Waals surface area contributed by atoms with Crippen LogP contribution < -0.4 is 4.74 Å². The van der Waals surface area contributed by atoms with Gasteiger partial charge in [-0.2, -0.15) is 0 Å². The summed E-state index contributed by atoms with van der Waals surface area (Å²) in [7, 11) is 0. The average molecular weight is 286 g/mol. The molecule has 0 spiro atoms. The topological polar surface area (TPSA) is 60.2 Å². The Labute approximate surface area is 123 Å². The minimum Gasteiger partial charge on any atom is -0.471 e. The van der Waals surface area contributed by atoms with Gasteiger partial charge in [0.2, 0.25) is 11.8 Å². The first-order chi connectivity index (χ1) is 10.3. The van der Waals surface area contributed by atoms with E-state index in [1.165, 1.54) is 0 Å². The molecule has 21 heavy (non-hydrogen) atoms. The van der Waals surface area contributed by atoms with E-state index in [1.54, 1.807) is 18.6 Å². The molecule has 0 bridgehead atoms. The van der Waals surface area contributed by atoms with Gasteiger partial charge in [-0.1, -0.05) is 0 Å². The predicted molar refractivity (Wildman–Crippen MR) is 76.7 cm³/mol. The van der Waals surface area contributed by atoms with Crippen LogP contribution in [0.2, 0.25) is 0 Å². The normalized spacial score (nSPS) is 18.5. The van der Waals surface area contributed by atoms with Crippen LogP contribution in [-0.2, 0) is 11.3 Å². The number of nitrogens with zero attached hydrogens (tertiary/aromatic N) is 4. The van der Waals surface area contributed by atoms with Gasteiger partial charge in [0.1, 0.15) is 12.6 Å². The molecule has 0 saturated carbocycles. The fourth-order valence-corrected chi connectivity index (χ4v) is 2.51. The molecule has 2 aromatic heterocycles. The fourth-order valence-electron chi connectivity index (χ4n) is 2.51. The lowest BCUT2D eigenvalue weighted by Crippen LogP contribution is -2.45. The molecule has 1 atom stereocenters. The molecule has 3 rings (SSSR count). The van der Waals surface area contributed by atoms with Gasteiger partial charge in [0.15, 0.2) is 0 Å². The van der Waals surface area contributed by atoms with Crippen molar-refractivity contribution in [3.8, 4) is 5.88 Å². The molecule has 0 N–H and O–H groups in total. The number of amides is 1. The van der Waals surface area contributed by atoms with Crippen LogP contribution in [-0.4, -0.2) is 44.5 Å². The summed E-state index contributed by atoms with van der Waals surface area (Å²) in [6.45, 7) is 1.78. The zero-order chi connectivity index (χ0) is 14.5. The predicted octanol–water partition coefficient (Wildman–Crippen LogP) is 1.35. The van der Waals surface area contributed by atoms with Gasteiger partial charge in [0.05, 0.1) is 12.7 Å². The van der Waals surface area contributed by atoms with Crippen LogP contribution in [0.3, 0.4) is 0 Å². The quantitative estimate of drug-likeness (QED) is 0.851. The first-order valence-corrected chi connectivity index (χ1v) is 7.12. The van der Waals surface area contributed by atoms with E-state index in [0.717, 1.165) is 19.4 Å². The van der Waals surface area contributed by atoms with Crippen molar-refractivity contribution < 1.29 is 9.53 Å². The Morgan fingerprint density at radius 1 is 1.33 bits per heavy atom. The Kier molecular flexibility index (Phi) is 4.14. The first kappa shape index (κ1) is 13.6. The maximum absolute atomic E-state index is 12.3. The molecular formula is C15H18N4O2. The molecule has 1 aliphatic heterocycles. The Balaban J connectivity index is 1.56. The summed E-state index contributed by atoms with van der Waals surface area (Å²) in [6, 6.07) is 3.84. The van der Waals surface area contributed by atoms with Gasteiger partial charge < -0.3 is 14.2 Å². The highest BCUT2D eigenvalue weighted by Crippen LogP contribution is 2.16. The summed E-state index contributed by atoms with van der Waals surface area (Å²) in [5, 5.41) is 0. The number of rotatable bonds is 4. The second kappa shape index (κ2) is 6.39. The Morgan fingerprint density at radius 3 is 2.95 bits per heavy atom. The lowest BCUT2D eigenvalue weighted by molar-refractivity contribution is -0.134. The van der Waals surface area contributed by atoms with E-state index >= 15 is 0 Å². The first-order valence-electron chi connectivity index (χ1n) is 7.12. The van der Waals surface area contributed by atoms with Crippen LogP contribution in [0, 0.1) is 0 Å². The van der Waals surface area contributed by atoms with Gasteiger partial charge in [0.25, 0.3) is 0 Å². The summed E-state index contributed by atoms with van der Waals surface area (Å²) >= 11 is 0. The van der Waals surface area contributed by atoms with Crippen molar-refractivity contribution in [2.24, 2.45) is 0 Å². The molecule has 0 aliphatic carbocycles. The van der Waals surface area contributed by atoms with E-state index in [2.05, 4.69) is 9.97 Å². The van der Waals surface area contributed by atoms with Crippen molar-refractivity contribution in [2.45, 2.75) is 25.5 Å². The molecule has 1 saturated heterocycles. The summed E-state index contributed by atoms with van der Waals surface area (Å²) in [5.74, 6) is 0.640. The number of carbonyl (C=O) groups is 1. The molecule has 2 aromatic rings. The number of aromatic nitrogens is 3. The van der Waals surface area contributed by atoms with E-state index in [4.69, 9.17) is 4.74 Å². The highest BCUT2D eigenvalue weighted by atomic mass is 16.5. The molecule has 1 aliphatic rings.